The van der Waals surface area contributed by atoms with Crippen molar-refractivity contribution in [2.45, 2.75) is 6.54 Å². The number of benzene rings is 1. The Labute approximate surface area is 89.8 Å². The molecule has 0 unspecified atom stereocenters. The fourth-order valence-corrected chi connectivity index (χ4v) is 2.01. The zero-order chi connectivity index (χ0) is 9.54. The minimum absolute atomic E-state index is 0.720. The highest BCUT2D eigenvalue weighted by molar-refractivity contribution is 9.10. The van der Waals surface area contributed by atoms with Gasteiger partial charge in [0.15, 0.2) is 0 Å². The molecule has 14 heavy (non-hydrogen) atoms. The number of hydrogen-bond donors (Lipinski definition) is 0. The van der Waals surface area contributed by atoms with Gasteiger partial charge in [-0.3, -0.25) is 9.98 Å². The van der Waals surface area contributed by atoms with Crippen LogP contribution in [0, 0.1) is 0 Å². The summed E-state index contributed by atoms with van der Waals surface area (Å²) in [5.74, 6) is 0. The van der Waals surface area contributed by atoms with Crippen LogP contribution >= 0.6 is 15.9 Å². The highest BCUT2D eigenvalue weighted by Gasteiger charge is 2.08. The first-order valence-corrected chi connectivity index (χ1v) is 5.21. The smallest absolute Gasteiger partial charge is 0.0818 e. The van der Waals surface area contributed by atoms with Gasteiger partial charge >= 0.3 is 0 Å². The molecule has 2 aromatic rings. The van der Waals surface area contributed by atoms with E-state index in [1.165, 1.54) is 5.39 Å². The lowest BCUT2D eigenvalue weighted by molar-refractivity contribution is 1.04. The van der Waals surface area contributed by atoms with Crippen LogP contribution < -0.4 is 0 Å². The molecule has 1 aromatic carbocycles. The van der Waals surface area contributed by atoms with E-state index in [0.717, 1.165) is 27.8 Å². The van der Waals surface area contributed by atoms with Crippen LogP contribution in [-0.4, -0.2) is 11.2 Å². The summed E-state index contributed by atoms with van der Waals surface area (Å²) in [4.78, 5) is 8.76. The molecule has 0 atom stereocenters. The Kier molecular flexibility index (Phi) is 1.67. The lowest BCUT2D eigenvalue weighted by Crippen LogP contribution is -1.90. The summed E-state index contributed by atoms with van der Waals surface area (Å²) in [6.07, 6.45) is 1.89. The van der Waals surface area contributed by atoms with Gasteiger partial charge in [0.1, 0.15) is 0 Å². The van der Waals surface area contributed by atoms with Crippen LogP contribution in [0.3, 0.4) is 0 Å². The number of halogens is 1. The van der Waals surface area contributed by atoms with Crippen molar-refractivity contribution >= 4 is 33.0 Å². The van der Waals surface area contributed by atoms with E-state index >= 15 is 0 Å². The van der Waals surface area contributed by atoms with E-state index in [-0.39, 0.29) is 0 Å². The topological polar surface area (TPSA) is 25.2 Å². The maximum Gasteiger partial charge on any atom is 0.0818 e. The predicted molar refractivity (Wildman–Crippen MR) is 60.7 cm³/mol. The molecule has 2 nitrogen and oxygen atoms in total. The molecule has 0 saturated heterocycles. The lowest BCUT2D eigenvalue weighted by Gasteiger charge is -2.01. The van der Waals surface area contributed by atoms with Crippen molar-refractivity contribution in [3.8, 4) is 0 Å². The molecule has 0 spiro atoms. The molecule has 0 radical (unpaired) electrons. The van der Waals surface area contributed by atoms with E-state index in [1.807, 2.05) is 18.3 Å². The van der Waals surface area contributed by atoms with Gasteiger partial charge in [-0.2, -0.15) is 0 Å². The number of rotatable bonds is 0. The van der Waals surface area contributed by atoms with E-state index in [2.05, 4.69) is 38.0 Å². The van der Waals surface area contributed by atoms with Crippen LogP contribution in [0.4, 0.5) is 0 Å². The van der Waals surface area contributed by atoms with Crippen LogP contribution in [0.5, 0.6) is 0 Å². The summed E-state index contributed by atoms with van der Waals surface area (Å²) in [5.41, 5.74) is 3.26. The van der Waals surface area contributed by atoms with E-state index in [1.54, 1.807) is 0 Å². The number of fused-ring (bicyclic) bond motifs is 2. The standard InChI is InChI=1S/C11H7BrN2/c12-9-2-1-7-3-8-5-13-6-11(8)14-10(7)4-9/h1-5H,6H2. The second-order valence-electron chi connectivity index (χ2n) is 3.33. The maximum atomic E-state index is 4.56. The highest BCUT2D eigenvalue weighted by Crippen LogP contribution is 2.22. The quantitative estimate of drug-likeness (QED) is 0.702. The number of pyridine rings is 1. The monoisotopic (exact) mass is 246 g/mol. The largest absolute Gasteiger partial charge is 0.286 e. The molecule has 0 N–H and O–H groups in total. The van der Waals surface area contributed by atoms with Crippen LogP contribution in [0.2, 0.25) is 0 Å². The van der Waals surface area contributed by atoms with Crippen LogP contribution in [0.15, 0.2) is 33.7 Å². The van der Waals surface area contributed by atoms with Gasteiger partial charge in [0.25, 0.3) is 0 Å². The maximum absolute atomic E-state index is 4.56. The molecular weight excluding hydrogens is 240 g/mol. The highest BCUT2D eigenvalue weighted by atomic mass is 79.9. The van der Waals surface area contributed by atoms with Crippen molar-refractivity contribution in [1.29, 1.82) is 0 Å². The normalized spacial score (nSPS) is 13.5. The number of hydrogen-bond acceptors (Lipinski definition) is 2. The minimum Gasteiger partial charge on any atom is -0.286 e. The third-order valence-electron chi connectivity index (χ3n) is 2.36. The SMILES string of the molecule is Brc1ccc2cc3c(nc2c1)CN=C3. The van der Waals surface area contributed by atoms with Crippen molar-refractivity contribution in [3.63, 3.8) is 0 Å². The zero-order valence-corrected chi connectivity index (χ0v) is 8.95. The summed E-state index contributed by atoms with van der Waals surface area (Å²) in [5, 5.41) is 1.17. The molecule has 0 amide bonds. The molecule has 0 fully saturated rings. The van der Waals surface area contributed by atoms with Gasteiger partial charge in [-0.05, 0) is 18.2 Å². The number of aromatic nitrogens is 1. The summed E-state index contributed by atoms with van der Waals surface area (Å²) in [7, 11) is 0. The van der Waals surface area contributed by atoms with Crippen LogP contribution in [0.1, 0.15) is 11.3 Å². The fraction of sp³-hybridized carbons (Fsp3) is 0.0909. The second kappa shape index (κ2) is 2.89. The van der Waals surface area contributed by atoms with Crippen molar-refractivity contribution in [2.75, 3.05) is 0 Å². The Balaban J connectivity index is 2.36. The van der Waals surface area contributed by atoms with Crippen molar-refractivity contribution in [2.24, 2.45) is 4.99 Å². The number of aliphatic imine (C=N–C) groups is 1. The molecule has 1 aliphatic rings. The Hall–Kier alpha value is -1.22. The molecule has 0 saturated carbocycles. The first-order chi connectivity index (χ1) is 6.83. The molecule has 2 heterocycles. The van der Waals surface area contributed by atoms with E-state index in [9.17, 15) is 0 Å². The molecule has 68 valence electrons. The Morgan fingerprint density at radius 3 is 3.07 bits per heavy atom. The molecule has 0 aliphatic carbocycles. The van der Waals surface area contributed by atoms with Crippen molar-refractivity contribution in [1.82, 2.24) is 4.98 Å². The zero-order valence-electron chi connectivity index (χ0n) is 7.37. The molecular formula is C11H7BrN2. The van der Waals surface area contributed by atoms with Gasteiger partial charge in [0.2, 0.25) is 0 Å². The second-order valence-corrected chi connectivity index (χ2v) is 4.25. The lowest BCUT2D eigenvalue weighted by atomic mass is 10.1. The van der Waals surface area contributed by atoms with E-state index < -0.39 is 0 Å². The molecule has 0 bridgehead atoms. The van der Waals surface area contributed by atoms with E-state index in [4.69, 9.17) is 0 Å². The predicted octanol–water partition coefficient (Wildman–Crippen LogP) is 2.93. The molecule has 3 rings (SSSR count). The van der Waals surface area contributed by atoms with Crippen molar-refractivity contribution < 1.29 is 0 Å². The summed E-state index contributed by atoms with van der Waals surface area (Å²) in [6, 6.07) is 8.27. The average molecular weight is 247 g/mol. The minimum atomic E-state index is 0.720. The molecule has 3 heteroatoms. The molecule has 1 aliphatic heterocycles. The van der Waals surface area contributed by atoms with Gasteiger partial charge < -0.3 is 0 Å². The first kappa shape index (κ1) is 8.12. The number of nitrogens with zero attached hydrogens (tertiary/aromatic N) is 2. The van der Waals surface area contributed by atoms with Gasteiger partial charge in [-0.15, -0.1) is 0 Å². The van der Waals surface area contributed by atoms with Gasteiger partial charge in [-0.1, -0.05) is 22.0 Å². The first-order valence-electron chi connectivity index (χ1n) is 4.42. The van der Waals surface area contributed by atoms with Crippen LogP contribution in [-0.2, 0) is 6.54 Å². The third-order valence-corrected chi connectivity index (χ3v) is 2.86. The van der Waals surface area contributed by atoms with Gasteiger partial charge in [0, 0.05) is 21.6 Å². The van der Waals surface area contributed by atoms with Gasteiger partial charge in [-0.25, -0.2) is 0 Å². The van der Waals surface area contributed by atoms with Crippen LogP contribution in [0.25, 0.3) is 10.9 Å². The van der Waals surface area contributed by atoms with Crippen molar-refractivity contribution in [3.05, 3.63) is 40.0 Å². The van der Waals surface area contributed by atoms with E-state index in [0.29, 0.717) is 0 Å². The Morgan fingerprint density at radius 1 is 1.21 bits per heavy atom. The fourth-order valence-electron chi connectivity index (χ4n) is 1.67. The summed E-state index contributed by atoms with van der Waals surface area (Å²) < 4.78 is 1.07. The summed E-state index contributed by atoms with van der Waals surface area (Å²) >= 11 is 3.44. The third kappa shape index (κ3) is 1.16. The Morgan fingerprint density at radius 2 is 2.14 bits per heavy atom. The average Bonchev–Trinajstić information content (AvgIpc) is 2.61. The Bertz CT molecular complexity index is 546. The summed E-state index contributed by atoms with van der Waals surface area (Å²) in [6.45, 7) is 0.720. The molecule has 1 aromatic heterocycles. The van der Waals surface area contributed by atoms with Gasteiger partial charge in [0.05, 0.1) is 17.8 Å².